The first-order chi connectivity index (χ1) is 9.75. The van der Waals surface area contributed by atoms with Gasteiger partial charge in [-0.2, -0.15) is 0 Å². The number of anilines is 1. The van der Waals surface area contributed by atoms with Crippen LogP contribution >= 0.6 is 12.4 Å². The molecule has 2 aliphatic rings. The summed E-state index contributed by atoms with van der Waals surface area (Å²) in [5, 5.41) is 3.40. The standard InChI is InChI=1S/C17H24N2O.ClH/c1-13(14-6-9-18-10-7-14)12-17(20)19-11-8-15-4-2-3-5-16(15)19;/h2-5,13-14,18H,6-12H2,1H3;1H. The fourth-order valence-electron chi connectivity index (χ4n) is 3.56. The number of para-hydroxylation sites is 1. The van der Waals surface area contributed by atoms with E-state index in [0.717, 1.165) is 31.7 Å². The van der Waals surface area contributed by atoms with Gasteiger partial charge in [0.25, 0.3) is 0 Å². The molecule has 1 fully saturated rings. The normalized spacial score (nSPS) is 19.8. The first-order valence-electron chi connectivity index (χ1n) is 7.84. The van der Waals surface area contributed by atoms with Crippen molar-refractivity contribution >= 4 is 24.0 Å². The Morgan fingerprint density at radius 2 is 2.05 bits per heavy atom. The van der Waals surface area contributed by atoms with E-state index in [1.54, 1.807) is 0 Å². The van der Waals surface area contributed by atoms with Crippen molar-refractivity contribution in [2.24, 2.45) is 11.8 Å². The van der Waals surface area contributed by atoms with Gasteiger partial charge >= 0.3 is 0 Å². The highest BCUT2D eigenvalue weighted by atomic mass is 35.5. The monoisotopic (exact) mass is 308 g/mol. The molecule has 2 heterocycles. The summed E-state index contributed by atoms with van der Waals surface area (Å²) in [6.45, 7) is 5.32. The third-order valence-corrected chi connectivity index (χ3v) is 4.87. The Hall–Kier alpha value is -1.06. The number of hydrogen-bond acceptors (Lipinski definition) is 2. The molecule has 0 aromatic heterocycles. The average molecular weight is 309 g/mol. The first-order valence-corrected chi connectivity index (χ1v) is 7.84. The Morgan fingerprint density at radius 3 is 2.81 bits per heavy atom. The maximum atomic E-state index is 12.6. The first kappa shape index (κ1) is 16.3. The van der Waals surface area contributed by atoms with Crippen LogP contribution in [0.2, 0.25) is 0 Å². The molecule has 4 heteroatoms. The minimum absolute atomic E-state index is 0. The number of benzene rings is 1. The summed E-state index contributed by atoms with van der Waals surface area (Å²) in [6, 6.07) is 8.30. The molecule has 0 bridgehead atoms. The molecule has 0 aliphatic carbocycles. The lowest BCUT2D eigenvalue weighted by atomic mass is 9.84. The molecular weight excluding hydrogens is 284 g/mol. The summed E-state index contributed by atoms with van der Waals surface area (Å²) in [7, 11) is 0. The molecule has 21 heavy (non-hydrogen) atoms. The molecule has 3 nitrogen and oxygen atoms in total. The van der Waals surface area contributed by atoms with Crippen molar-refractivity contribution in [2.45, 2.75) is 32.6 Å². The van der Waals surface area contributed by atoms with E-state index in [4.69, 9.17) is 0 Å². The van der Waals surface area contributed by atoms with Gasteiger partial charge in [0, 0.05) is 18.7 Å². The van der Waals surface area contributed by atoms with Gasteiger partial charge < -0.3 is 10.2 Å². The van der Waals surface area contributed by atoms with Crippen LogP contribution in [0, 0.1) is 11.8 Å². The lowest BCUT2D eigenvalue weighted by molar-refractivity contribution is -0.119. The molecule has 1 N–H and O–H groups in total. The van der Waals surface area contributed by atoms with Crippen LogP contribution in [0.5, 0.6) is 0 Å². The summed E-state index contributed by atoms with van der Waals surface area (Å²) < 4.78 is 0. The van der Waals surface area contributed by atoms with Crippen LogP contribution in [0.1, 0.15) is 31.7 Å². The smallest absolute Gasteiger partial charge is 0.227 e. The van der Waals surface area contributed by atoms with Crippen molar-refractivity contribution in [2.75, 3.05) is 24.5 Å². The quantitative estimate of drug-likeness (QED) is 0.931. The van der Waals surface area contributed by atoms with Gasteiger partial charge in [0.05, 0.1) is 0 Å². The van der Waals surface area contributed by atoms with Crippen LogP contribution < -0.4 is 10.2 Å². The highest BCUT2D eigenvalue weighted by Crippen LogP contribution is 2.30. The third kappa shape index (κ3) is 3.58. The Balaban J connectivity index is 0.00000161. The van der Waals surface area contributed by atoms with Crippen molar-refractivity contribution in [1.82, 2.24) is 5.32 Å². The van der Waals surface area contributed by atoms with E-state index >= 15 is 0 Å². The summed E-state index contributed by atoms with van der Waals surface area (Å²) >= 11 is 0. The van der Waals surface area contributed by atoms with Crippen molar-refractivity contribution in [3.63, 3.8) is 0 Å². The molecule has 1 unspecified atom stereocenters. The topological polar surface area (TPSA) is 32.3 Å². The highest BCUT2D eigenvalue weighted by molar-refractivity contribution is 5.95. The minimum Gasteiger partial charge on any atom is -0.317 e. The Bertz CT molecular complexity index is 485. The van der Waals surface area contributed by atoms with E-state index in [1.165, 1.54) is 18.4 Å². The summed E-state index contributed by atoms with van der Waals surface area (Å²) in [6.07, 6.45) is 4.12. The predicted octanol–water partition coefficient (Wildman–Crippen LogP) is 3.02. The maximum Gasteiger partial charge on any atom is 0.227 e. The Labute approximate surface area is 133 Å². The highest BCUT2D eigenvalue weighted by Gasteiger charge is 2.28. The number of nitrogens with one attached hydrogen (secondary N) is 1. The number of hydrogen-bond donors (Lipinski definition) is 1. The molecule has 116 valence electrons. The van der Waals surface area contributed by atoms with Gasteiger partial charge in [-0.3, -0.25) is 4.79 Å². The van der Waals surface area contributed by atoms with E-state index < -0.39 is 0 Å². The average Bonchev–Trinajstić information content (AvgIpc) is 2.92. The van der Waals surface area contributed by atoms with Gasteiger partial charge in [-0.15, -0.1) is 12.4 Å². The molecule has 1 aromatic carbocycles. The van der Waals surface area contributed by atoms with Gasteiger partial charge in [-0.25, -0.2) is 0 Å². The molecule has 1 atom stereocenters. The number of fused-ring (bicyclic) bond motifs is 1. The molecule has 2 aliphatic heterocycles. The number of rotatable bonds is 3. The van der Waals surface area contributed by atoms with E-state index in [1.807, 2.05) is 11.0 Å². The van der Waals surface area contributed by atoms with Crippen LogP contribution in [0.3, 0.4) is 0 Å². The van der Waals surface area contributed by atoms with Crippen molar-refractivity contribution in [3.8, 4) is 0 Å². The van der Waals surface area contributed by atoms with Gasteiger partial charge in [0.15, 0.2) is 0 Å². The van der Waals surface area contributed by atoms with Crippen LogP contribution in [0.25, 0.3) is 0 Å². The minimum atomic E-state index is 0. The second-order valence-electron chi connectivity index (χ2n) is 6.19. The van der Waals surface area contributed by atoms with Gasteiger partial charge in [-0.05, 0) is 55.8 Å². The number of nitrogens with zero attached hydrogens (tertiary/aromatic N) is 1. The van der Waals surface area contributed by atoms with Gasteiger partial charge in [0.2, 0.25) is 5.91 Å². The van der Waals surface area contributed by atoms with E-state index in [9.17, 15) is 4.79 Å². The lowest BCUT2D eigenvalue weighted by Gasteiger charge is -2.29. The summed E-state index contributed by atoms with van der Waals surface area (Å²) in [4.78, 5) is 14.6. The van der Waals surface area contributed by atoms with E-state index in [-0.39, 0.29) is 12.4 Å². The Morgan fingerprint density at radius 1 is 1.33 bits per heavy atom. The summed E-state index contributed by atoms with van der Waals surface area (Å²) in [5.41, 5.74) is 2.45. The third-order valence-electron chi connectivity index (χ3n) is 4.87. The van der Waals surface area contributed by atoms with Crippen molar-refractivity contribution in [3.05, 3.63) is 29.8 Å². The maximum absolute atomic E-state index is 12.6. The zero-order valence-electron chi connectivity index (χ0n) is 12.7. The Kier molecular flexibility index (Phi) is 5.65. The molecule has 3 rings (SSSR count). The van der Waals surface area contributed by atoms with Crippen LogP contribution in [-0.4, -0.2) is 25.5 Å². The molecular formula is C17H25ClN2O. The number of halogens is 1. The van der Waals surface area contributed by atoms with Gasteiger partial charge in [0.1, 0.15) is 0 Å². The van der Waals surface area contributed by atoms with E-state index in [0.29, 0.717) is 24.2 Å². The number of piperidine rings is 1. The molecule has 1 saturated heterocycles. The molecule has 1 aromatic rings. The van der Waals surface area contributed by atoms with Crippen LogP contribution in [-0.2, 0) is 11.2 Å². The van der Waals surface area contributed by atoms with Crippen LogP contribution in [0.4, 0.5) is 5.69 Å². The summed E-state index contributed by atoms with van der Waals surface area (Å²) in [5.74, 6) is 1.51. The zero-order chi connectivity index (χ0) is 13.9. The number of carbonyl (C=O) groups excluding carboxylic acids is 1. The SMILES string of the molecule is CC(CC(=O)N1CCc2ccccc21)C1CCNCC1.Cl. The second kappa shape index (κ2) is 7.28. The van der Waals surface area contributed by atoms with Crippen LogP contribution in [0.15, 0.2) is 24.3 Å². The molecule has 0 radical (unpaired) electrons. The largest absolute Gasteiger partial charge is 0.317 e. The number of carbonyl (C=O) groups is 1. The van der Waals surface area contributed by atoms with Gasteiger partial charge in [-0.1, -0.05) is 25.1 Å². The fourth-order valence-corrected chi connectivity index (χ4v) is 3.56. The van der Waals surface area contributed by atoms with E-state index in [2.05, 4.69) is 30.4 Å². The fraction of sp³-hybridized carbons (Fsp3) is 0.588. The zero-order valence-corrected chi connectivity index (χ0v) is 13.5. The molecule has 1 amide bonds. The second-order valence-corrected chi connectivity index (χ2v) is 6.19. The number of amides is 1. The molecule has 0 spiro atoms. The van der Waals surface area contributed by atoms with Crippen molar-refractivity contribution in [1.29, 1.82) is 0 Å². The van der Waals surface area contributed by atoms with Crippen molar-refractivity contribution < 1.29 is 4.79 Å². The molecule has 0 saturated carbocycles. The lowest BCUT2D eigenvalue weighted by Crippen LogP contribution is -2.35. The predicted molar refractivity (Wildman–Crippen MR) is 89.1 cm³/mol.